The minimum absolute atomic E-state index is 0.127. The molecule has 1 aliphatic carbocycles. The summed E-state index contributed by atoms with van der Waals surface area (Å²) in [4.78, 5) is 11.8. The Morgan fingerprint density at radius 1 is 1.48 bits per heavy atom. The molecule has 0 aliphatic heterocycles. The molecular formula is C17H19ClF2N6O. The molecule has 0 aromatic carbocycles. The number of nitrogens with zero attached hydrogens (tertiary/aromatic N) is 5. The number of hydrogen-bond acceptors (Lipinski definition) is 5. The van der Waals surface area contributed by atoms with Crippen LogP contribution in [0, 0.1) is 19.4 Å². The van der Waals surface area contributed by atoms with Gasteiger partial charge in [0, 0.05) is 32.6 Å². The van der Waals surface area contributed by atoms with Crippen molar-refractivity contribution in [1.29, 1.82) is 0 Å². The van der Waals surface area contributed by atoms with Crippen molar-refractivity contribution in [1.82, 2.24) is 19.7 Å². The highest BCUT2D eigenvalue weighted by atomic mass is 35.5. The first-order valence-corrected chi connectivity index (χ1v) is 8.73. The summed E-state index contributed by atoms with van der Waals surface area (Å²) < 4.78 is 32.9. The average Bonchev–Trinajstić information content (AvgIpc) is 2.95. The molecule has 0 amide bonds. The van der Waals surface area contributed by atoms with E-state index >= 15 is 0 Å². The summed E-state index contributed by atoms with van der Waals surface area (Å²) in [5, 5.41) is 7.56. The van der Waals surface area contributed by atoms with E-state index in [0.29, 0.717) is 11.4 Å². The quantitative estimate of drug-likeness (QED) is 0.732. The molecule has 3 rings (SSSR count). The van der Waals surface area contributed by atoms with Crippen LogP contribution in [0.3, 0.4) is 0 Å². The van der Waals surface area contributed by atoms with Crippen LogP contribution in [-0.2, 0) is 5.66 Å². The summed E-state index contributed by atoms with van der Waals surface area (Å²) in [6.07, 6.45) is 2.71. The van der Waals surface area contributed by atoms with Gasteiger partial charge in [0.2, 0.25) is 17.8 Å². The topological polar surface area (TPSA) is 69.2 Å². The zero-order valence-corrected chi connectivity index (χ0v) is 15.9. The number of rotatable bonds is 6. The van der Waals surface area contributed by atoms with Crippen molar-refractivity contribution in [3.05, 3.63) is 34.5 Å². The molecule has 2 aromatic rings. The fraction of sp³-hybridized carbons (Fsp3) is 0.529. The lowest BCUT2D eigenvalue weighted by molar-refractivity contribution is -0.119. The van der Waals surface area contributed by atoms with Gasteiger partial charge in [-0.1, -0.05) is 11.6 Å². The second kappa shape index (κ2) is 6.93. The van der Waals surface area contributed by atoms with Crippen LogP contribution in [0.5, 0.6) is 5.88 Å². The monoisotopic (exact) mass is 396 g/mol. The molecule has 0 spiro atoms. The molecule has 10 heteroatoms. The van der Waals surface area contributed by atoms with E-state index in [2.05, 4.69) is 25.2 Å². The number of halogens is 3. The van der Waals surface area contributed by atoms with E-state index in [9.17, 15) is 8.78 Å². The van der Waals surface area contributed by atoms with Crippen LogP contribution >= 0.6 is 11.6 Å². The molecule has 27 heavy (non-hydrogen) atoms. The minimum atomic E-state index is -2.59. The van der Waals surface area contributed by atoms with E-state index in [-0.39, 0.29) is 42.2 Å². The van der Waals surface area contributed by atoms with Gasteiger partial charge in [0.05, 0.1) is 30.4 Å². The SMILES string of the molecule is [C-]#[N+]C(C)(C)n1cc(Nc2ncc(Cl)c(OCC3CC(F)(F)C3)n2)c(C)n1. The Morgan fingerprint density at radius 3 is 2.81 bits per heavy atom. The molecule has 7 nitrogen and oxygen atoms in total. The Morgan fingerprint density at radius 2 is 2.19 bits per heavy atom. The number of ether oxygens (including phenoxy) is 1. The van der Waals surface area contributed by atoms with Gasteiger partial charge in [-0.2, -0.15) is 14.8 Å². The lowest BCUT2D eigenvalue weighted by Crippen LogP contribution is -2.38. The Kier molecular flexibility index (Phi) is 4.95. The van der Waals surface area contributed by atoms with Crippen LogP contribution in [0.15, 0.2) is 12.4 Å². The maximum absolute atomic E-state index is 12.9. The second-order valence-corrected chi connectivity index (χ2v) is 7.50. The standard InChI is InChI=1S/C17H19ClF2N6O/c1-10-13(8-26(25-10)16(2,3)21-4)23-15-22-7-12(18)14(24-15)27-9-11-5-17(19,20)6-11/h7-8,11H,5-6,9H2,1-3H3,(H,22,23,24). The second-order valence-electron chi connectivity index (χ2n) is 7.09. The minimum Gasteiger partial charge on any atom is -0.476 e. The molecular weight excluding hydrogens is 378 g/mol. The number of aromatic nitrogens is 4. The van der Waals surface area contributed by atoms with Gasteiger partial charge in [-0.15, -0.1) is 0 Å². The molecule has 0 bridgehead atoms. The van der Waals surface area contributed by atoms with E-state index < -0.39 is 11.6 Å². The van der Waals surface area contributed by atoms with Gasteiger partial charge in [-0.3, -0.25) is 4.85 Å². The summed E-state index contributed by atoms with van der Waals surface area (Å²) in [7, 11) is 0. The Hall–Kier alpha value is -2.47. The van der Waals surface area contributed by atoms with E-state index in [1.165, 1.54) is 6.20 Å². The van der Waals surface area contributed by atoms with Gasteiger partial charge in [0.25, 0.3) is 0 Å². The highest BCUT2D eigenvalue weighted by Crippen LogP contribution is 2.42. The largest absolute Gasteiger partial charge is 0.476 e. The molecule has 1 fully saturated rings. The number of anilines is 2. The highest BCUT2D eigenvalue weighted by molar-refractivity contribution is 6.31. The summed E-state index contributed by atoms with van der Waals surface area (Å²) >= 11 is 6.04. The van der Waals surface area contributed by atoms with Gasteiger partial charge in [0.15, 0.2) is 0 Å². The Balaban J connectivity index is 1.70. The first-order chi connectivity index (χ1) is 12.6. The van der Waals surface area contributed by atoms with Crippen LogP contribution in [0.1, 0.15) is 32.4 Å². The lowest BCUT2D eigenvalue weighted by Gasteiger charge is -2.34. The summed E-state index contributed by atoms with van der Waals surface area (Å²) in [5.41, 5.74) is 0.494. The zero-order chi connectivity index (χ0) is 19.8. The molecule has 0 unspecified atom stereocenters. The normalized spacial score (nSPS) is 16.5. The molecule has 144 valence electrons. The molecule has 0 atom stereocenters. The van der Waals surface area contributed by atoms with Gasteiger partial charge in [-0.05, 0) is 6.92 Å². The van der Waals surface area contributed by atoms with Crippen molar-refractivity contribution in [2.75, 3.05) is 11.9 Å². The lowest BCUT2D eigenvalue weighted by atomic mass is 9.82. The zero-order valence-electron chi connectivity index (χ0n) is 15.1. The summed E-state index contributed by atoms with van der Waals surface area (Å²) in [5.74, 6) is -2.43. The van der Waals surface area contributed by atoms with Crippen molar-refractivity contribution < 1.29 is 13.5 Å². The van der Waals surface area contributed by atoms with Crippen LogP contribution in [0.2, 0.25) is 5.02 Å². The molecule has 1 N–H and O–H groups in total. The highest BCUT2D eigenvalue weighted by Gasteiger charge is 2.45. The molecule has 1 saturated carbocycles. The molecule has 2 aromatic heterocycles. The number of hydrogen-bond donors (Lipinski definition) is 1. The van der Waals surface area contributed by atoms with E-state index in [1.54, 1.807) is 31.6 Å². The summed E-state index contributed by atoms with van der Waals surface area (Å²) in [6.45, 7) is 12.7. The maximum Gasteiger partial charge on any atom is 0.319 e. The van der Waals surface area contributed by atoms with Gasteiger partial charge < -0.3 is 10.1 Å². The molecule has 0 radical (unpaired) electrons. The van der Waals surface area contributed by atoms with Crippen molar-refractivity contribution in [2.45, 2.75) is 45.2 Å². The van der Waals surface area contributed by atoms with Crippen LogP contribution in [0.25, 0.3) is 4.85 Å². The predicted molar refractivity (Wildman–Crippen MR) is 96.4 cm³/mol. The number of nitrogens with one attached hydrogen (secondary N) is 1. The maximum atomic E-state index is 12.9. The molecule has 2 heterocycles. The number of aryl methyl sites for hydroxylation is 1. The number of alkyl halides is 2. The van der Waals surface area contributed by atoms with Gasteiger partial charge in [0.1, 0.15) is 5.02 Å². The van der Waals surface area contributed by atoms with E-state index in [1.807, 2.05) is 0 Å². The first-order valence-electron chi connectivity index (χ1n) is 8.35. The third kappa shape index (κ3) is 4.27. The third-order valence-electron chi connectivity index (χ3n) is 4.32. The van der Waals surface area contributed by atoms with Crippen molar-refractivity contribution in [2.24, 2.45) is 5.92 Å². The van der Waals surface area contributed by atoms with Crippen molar-refractivity contribution in [3.63, 3.8) is 0 Å². The average molecular weight is 397 g/mol. The van der Waals surface area contributed by atoms with Crippen LogP contribution < -0.4 is 10.1 Å². The van der Waals surface area contributed by atoms with Crippen LogP contribution in [-0.4, -0.2) is 32.3 Å². The first kappa shape index (κ1) is 19.3. The fourth-order valence-corrected chi connectivity index (χ4v) is 2.79. The molecule has 1 aliphatic rings. The van der Waals surface area contributed by atoms with Gasteiger partial charge >= 0.3 is 5.66 Å². The van der Waals surface area contributed by atoms with E-state index in [4.69, 9.17) is 22.9 Å². The van der Waals surface area contributed by atoms with Crippen LogP contribution in [0.4, 0.5) is 20.4 Å². The van der Waals surface area contributed by atoms with E-state index in [0.717, 1.165) is 0 Å². The predicted octanol–water partition coefficient (Wildman–Crippen LogP) is 4.41. The van der Waals surface area contributed by atoms with Crippen molar-refractivity contribution in [3.8, 4) is 5.88 Å². The third-order valence-corrected chi connectivity index (χ3v) is 4.58. The fourth-order valence-electron chi connectivity index (χ4n) is 2.65. The smallest absolute Gasteiger partial charge is 0.319 e. The van der Waals surface area contributed by atoms with Gasteiger partial charge in [-0.25, -0.2) is 20.3 Å². The summed E-state index contributed by atoms with van der Waals surface area (Å²) in [6, 6.07) is 0. The molecule has 0 saturated heterocycles. The Bertz CT molecular complexity index is 884. The Labute approximate surface area is 160 Å². The van der Waals surface area contributed by atoms with Crippen molar-refractivity contribution >= 4 is 23.2 Å².